The number of hydrogen-bond acceptors (Lipinski definition) is 1. The summed E-state index contributed by atoms with van der Waals surface area (Å²) in [5.74, 6) is 0.153. The van der Waals surface area contributed by atoms with Gasteiger partial charge in [0, 0.05) is 10.9 Å². The Bertz CT molecular complexity index is 797. The van der Waals surface area contributed by atoms with Crippen LogP contribution in [0.25, 0.3) is 0 Å². The van der Waals surface area contributed by atoms with Crippen molar-refractivity contribution >= 4 is 11.6 Å². The van der Waals surface area contributed by atoms with Gasteiger partial charge < -0.3 is 5.11 Å². The molecular formula is C23H23ClO. The van der Waals surface area contributed by atoms with Gasteiger partial charge in [0.2, 0.25) is 0 Å². The predicted octanol–water partition coefficient (Wildman–Crippen LogP) is 6.02. The Morgan fingerprint density at radius 2 is 1.20 bits per heavy atom. The van der Waals surface area contributed by atoms with Crippen LogP contribution >= 0.6 is 11.6 Å². The van der Waals surface area contributed by atoms with Gasteiger partial charge >= 0.3 is 0 Å². The molecule has 25 heavy (non-hydrogen) atoms. The third-order valence-electron chi connectivity index (χ3n) is 4.77. The molecule has 0 aliphatic heterocycles. The minimum absolute atomic E-state index is 0.0859. The van der Waals surface area contributed by atoms with E-state index in [1.807, 2.05) is 72.8 Å². The molecule has 2 heteroatoms. The number of rotatable bonds is 5. The lowest BCUT2D eigenvalue weighted by Crippen LogP contribution is -2.37. The third-order valence-corrected chi connectivity index (χ3v) is 5.03. The molecule has 0 radical (unpaired) electrons. The molecule has 0 aromatic heterocycles. The lowest BCUT2D eigenvalue weighted by atomic mass is 9.68. The van der Waals surface area contributed by atoms with Crippen molar-refractivity contribution < 1.29 is 5.11 Å². The van der Waals surface area contributed by atoms with Gasteiger partial charge in [0.05, 0.1) is 0 Å². The lowest BCUT2D eigenvalue weighted by Gasteiger charge is -2.40. The minimum Gasteiger partial charge on any atom is -0.380 e. The van der Waals surface area contributed by atoms with Gasteiger partial charge in [-0.3, -0.25) is 0 Å². The van der Waals surface area contributed by atoms with E-state index in [4.69, 9.17) is 11.6 Å². The third kappa shape index (κ3) is 3.49. The summed E-state index contributed by atoms with van der Waals surface area (Å²) in [4.78, 5) is 0. The van der Waals surface area contributed by atoms with Gasteiger partial charge in [-0.15, -0.1) is 0 Å². The van der Waals surface area contributed by atoms with E-state index in [2.05, 4.69) is 26.0 Å². The van der Waals surface area contributed by atoms with Crippen LogP contribution in [0.4, 0.5) is 0 Å². The molecule has 0 aliphatic carbocycles. The van der Waals surface area contributed by atoms with Crippen LogP contribution in [0.2, 0.25) is 5.02 Å². The molecule has 0 bridgehead atoms. The summed E-state index contributed by atoms with van der Waals surface area (Å²) in [6.45, 7) is 4.31. The summed E-state index contributed by atoms with van der Waals surface area (Å²) in [6.07, 6.45) is 0. The molecule has 1 N–H and O–H groups in total. The molecule has 0 heterocycles. The molecule has 128 valence electrons. The van der Waals surface area contributed by atoms with Gasteiger partial charge in [-0.05, 0) is 34.7 Å². The Kier molecular flexibility index (Phi) is 5.27. The highest BCUT2D eigenvalue weighted by Crippen LogP contribution is 2.46. The van der Waals surface area contributed by atoms with Crippen molar-refractivity contribution in [3.63, 3.8) is 0 Å². The summed E-state index contributed by atoms with van der Waals surface area (Å²) in [5.41, 5.74) is 1.73. The molecule has 0 unspecified atom stereocenters. The monoisotopic (exact) mass is 350 g/mol. The normalized spacial score (nSPS) is 14.9. The Morgan fingerprint density at radius 1 is 0.720 bits per heavy atom. The first-order valence-corrected chi connectivity index (χ1v) is 9.00. The molecule has 1 nitrogen and oxygen atoms in total. The van der Waals surface area contributed by atoms with Crippen LogP contribution in [0.5, 0.6) is 0 Å². The minimum atomic E-state index is -1.14. The molecule has 0 fully saturated rings. The van der Waals surface area contributed by atoms with Crippen LogP contribution in [0.3, 0.4) is 0 Å². The first kappa shape index (κ1) is 17.7. The fraction of sp³-hybridized carbons (Fsp3) is 0.217. The van der Waals surface area contributed by atoms with Crippen molar-refractivity contribution in [1.29, 1.82) is 0 Å². The quantitative estimate of drug-likeness (QED) is 0.596. The Labute approximate surface area is 154 Å². The summed E-state index contributed by atoms with van der Waals surface area (Å²) >= 11 is 6.09. The Morgan fingerprint density at radius 3 is 1.72 bits per heavy atom. The van der Waals surface area contributed by atoms with E-state index in [1.54, 1.807) is 0 Å². The molecular weight excluding hydrogens is 328 g/mol. The van der Waals surface area contributed by atoms with E-state index < -0.39 is 5.60 Å². The molecule has 2 atom stereocenters. The van der Waals surface area contributed by atoms with E-state index in [-0.39, 0.29) is 11.8 Å². The average molecular weight is 351 g/mol. The van der Waals surface area contributed by atoms with Gasteiger partial charge in [0.1, 0.15) is 5.60 Å². The zero-order chi connectivity index (χ0) is 17.9. The summed E-state index contributed by atoms with van der Waals surface area (Å²) < 4.78 is 0. The van der Waals surface area contributed by atoms with Crippen LogP contribution in [0.1, 0.15) is 36.5 Å². The highest BCUT2D eigenvalue weighted by molar-refractivity contribution is 6.30. The number of aliphatic hydroxyl groups is 1. The van der Waals surface area contributed by atoms with Gasteiger partial charge in [-0.25, -0.2) is 0 Å². The summed E-state index contributed by atoms with van der Waals surface area (Å²) in [7, 11) is 0. The van der Waals surface area contributed by atoms with Crippen molar-refractivity contribution in [2.75, 3.05) is 0 Å². The number of benzene rings is 3. The second kappa shape index (κ2) is 7.43. The SMILES string of the molecule is CC(C)[C@@H](c1ccccc1)[C@](O)(c1ccccc1)c1ccc(Cl)cc1. The topological polar surface area (TPSA) is 20.2 Å². The Hall–Kier alpha value is -2.09. The maximum absolute atomic E-state index is 12.1. The first-order valence-electron chi connectivity index (χ1n) is 8.62. The zero-order valence-corrected chi connectivity index (χ0v) is 15.3. The summed E-state index contributed by atoms with van der Waals surface area (Å²) in [6, 6.07) is 27.7. The van der Waals surface area contributed by atoms with E-state index in [0.717, 1.165) is 16.7 Å². The molecule has 0 saturated carbocycles. The maximum atomic E-state index is 12.1. The predicted molar refractivity (Wildman–Crippen MR) is 105 cm³/mol. The van der Waals surface area contributed by atoms with E-state index in [0.29, 0.717) is 5.02 Å². The Balaban J connectivity index is 2.24. The fourth-order valence-corrected chi connectivity index (χ4v) is 3.82. The molecule has 3 rings (SSSR count). The maximum Gasteiger partial charge on any atom is 0.122 e. The number of hydrogen-bond donors (Lipinski definition) is 1. The number of halogens is 1. The highest BCUT2D eigenvalue weighted by atomic mass is 35.5. The highest BCUT2D eigenvalue weighted by Gasteiger charge is 2.42. The lowest BCUT2D eigenvalue weighted by molar-refractivity contribution is 0.0322. The van der Waals surface area contributed by atoms with Crippen LogP contribution in [0, 0.1) is 5.92 Å². The van der Waals surface area contributed by atoms with Gasteiger partial charge in [0.25, 0.3) is 0 Å². The first-order chi connectivity index (χ1) is 12.0. The molecule has 0 saturated heterocycles. The fourth-order valence-electron chi connectivity index (χ4n) is 3.69. The van der Waals surface area contributed by atoms with Gasteiger partial charge in [0.15, 0.2) is 0 Å². The van der Waals surface area contributed by atoms with Crippen LogP contribution in [0.15, 0.2) is 84.9 Å². The van der Waals surface area contributed by atoms with Crippen LogP contribution < -0.4 is 0 Å². The van der Waals surface area contributed by atoms with E-state index in [9.17, 15) is 5.11 Å². The average Bonchev–Trinajstić information content (AvgIpc) is 2.63. The second-order valence-corrected chi connectivity index (χ2v) is 7.21. The van der Waals surface area contributed by atoms with Crippen molar-refractivity contribution in [3.05, 3.63) is 107 Å². The molecule has 0 spiro atoms. The zero-order valence-electron chi connectivity index (χ0n) is 14.6. The second-order valence-electron chi connectivity index (χ2n) is 6.77. The molecule has 0 amide bonds. The van der Waals surface area contributed by atoms with E-state index in [1.165, 1.54) is 0 Å². The molecule has 0 aliphatic rings. The van der Waals surface area contributed by atoms with Gasteiger partial charge in [-0.2, -0.15) is 0 Å². The van der Waals surface area contributed by atoms with Crippen molar-refractivity contribution in [1.82, 2.24) is 0 Å². The summed E-state index contributed by atoms with van der Waals surface area (Å²) in [5, 5.41) is 12.8. The smallest absolute Gasteiger partial charge is 0.122 e. The molecule has 3 aromatic carbocycles. The van der Waals surface area contributed by atoms with Crippen molar-refractivity contribution in [2.24, 2.45) is 5.92 Å². The molecule has 3 aromatic rings. The van der Waals surface area contributed by atoms with Crippen LogP contribution in [-0.2, 0) is 5.60 Å². The van der Waals surface area contributed by atoms with E-state index >= 15 is 0 Å². The largest absolute Gasteiger partial charge is 0.380 e. The standard InChI is InChI=1S/C23H23ClO/c1-17(2)22(18-9-5-3-6-10-18)23(25,19-11-7-4-8-12-19)20-13-15-21(24)16-14-20/h3-17,22,25H,1-2H3/t22-,23-/m0/s1. The van der Waals surface area contributed by atoms with Crippen molar-refractivity contribution in [2.45, 2.75) is 25.4 Å². The van der Waals surface area contributed by atoms with Gasteiger partial charge in [-0.1, -0.05) is 98.2 Å². The van der Waals surface area contributed by atoms with Crippen molar-refractivity contribution in [3.8, 4) is 0 Å². The van der Waals surface area contributed by atoms with Crippen LogP contribution in [-0.4, -0.2) is 5.11 Å².